The van der Waals surface area contributed by atoms with Crippen molar-refractivity contribution in [1.82, 2.24) is 5.32 Å². The summed E-state index contributed by atoms with van der Waals surface area (Å²) >= 11 is 0. The number of alkyl halides is 3. The molecule has 0 atom stereocenters. The Labute approximate surface area is 75.5 Å². The molecule has 0 radical (unpaired) electrons. The lowest BCUT2D eigenvalue weighted by Gasteiger charge is -2.06. The third kappa shape index (κ3) is 9.17. The van der Waals surface area contributed by atoms with Gasteiger partial charge in [0.2, 0.25) is 5.91 Å². The van der Waals surface area contributed by atoms with E-state index in [9.17, 15) is 18.0 Å². The van der Waals surface area contributed by atoms with Crippen molar-refractivity contribution in [3.05, 3.63) is 0 Å². The molecule has 0 aromatic rings. The number of nitrogens with one attached hydrogen (secondary N) is 1. The van der Waals surface area contributed by atoms with Gasteiger partial charge in [0.25, 0.3) is 0 Å². The normalized spacial score (nSPS) is 11.4. The van der Waals surface area contributed by atoms with E-state index in [-0.39, 0.29) is 0 Å². The Morgan fingerprint density at radius 1 is 1.38 bits per heavy atom. The molecule has 0 aliphatic rings. The third-order valence-electron chi connectivity index (χ3n) is 1.49. The first-order chi connectivity index (χ1) is 5.95. The fourth-order valence-corrected chi connectivity index (χ4v) is 0.748. The van der Waals surface area contributed by atoms with Crippen molar-refractivity contribution in [1.29, 1.82) is 0 Å². The molecular formula is C8H14F3NO. The van der Waals surface area contributed by atoms with Crippen molar-refractivity contribution in [2.75, 3.05) is 6.54 Å². The summed E-state index contributed by atoms with van der Waals surface area (Å²) in [6, 6.07) is 0. The van der Waals surface area contributed by atoms with E-state index in [0.29, 0.717) is 6.54 Å². The van der Waals surface area contributed by atoms with Crippen molar-refractivity contribution < 1.29 is 18.0 Å². The van der Waals surface area contributed by atoms with Crippen LogP contribution < -0.4 is 5.32 Å². The number of rotatable bonds is 5. The number of hydrogen-bond donors (Lipinski definition) is 1. The second-order valence-electron chi connectivity index (χ2n) is 2.82. The lowest BCUT2D eigenvalue weighted by Crippen LogP contribution is -2.25. The van der Waals surface area contributed by atoms with Gasteiger partial charge in [-0.2, -0.15) is 13.2 Å². The van der Waals surface area contributed by atoms with E-state index in [1.54, 1.807) is 0 Å². The Bertz CT molecular complexity index is 156. The Hall–Kier alpha value is -0.740. The van der Waals surface area contributed by atoms with Crippen molar-refractivity contribution in [2.24, 2.45) is 0 Å². The molecule has 5 heteroatoms. The minimum atomic E-state index is -4.23. The van der Waals surface area contributed by atoms with Crippen LogP contribution in [-0.4, -0.2) is 18.6 Å². The highest BCUT2D eigenvalue weighted by atomic mass is 19.4. The minimum Gasteiger partial charge on any atom is -0.356 e. The average Bonchev–Trinajstić information content (AvgIpc) is 2.00. The highest BCUT2D eigenvalue weighted by Gasteiger charge is 2.27. The zero-order chi connectivity index (χ0) is 10.3. The topological polar surface area (TPSA) is 29.1 Å². The molecule has 0 unspecified atom stereocenters. The van der Waals surface area contributed by atoms with E-state index in [1.807, 2.05) is 6.92 Å². The lowest BCUT2D eigenvalue weighted by molar-refractivity contribution is -0.144. The molecule has 1 N–H and O–H groups in total. The molecule has 0 aliphatic carbocycles. The smallest absolute Gasteiger partial charge is 0.356 e. The van der Waals surface area contributed by atoms with E-state index in [0.717, 1.165) is 12.8 Å². The molecule has 0 fully saturated rings. The van der Waals surface area contributed by atoms with Crippen LogP contribution in [0, 0.1) is 0 Å². The van der Waals surface area contributed by atoms with Gasteiger partial charge in [0.05, 0.1) is 6.42 Å². The molecule has 0 aliphatic heterocycles. The Balaban J connectivity index is 3.41. The van der Waals surface area contributed by atoms with Gasteiger partial charge in [0.1, 0.15) is 0 Å². The summed E-state index contributed by atoms with van der Waals surface area (Å²) in [6.07, 6.45) is -4.02. The SMILES string of the molecule is CCCCNC(=O)CCC(F)(F)F. The van der Waals surface area contributed by atoms with Gasteiger partial charge in [-0.15, -0.1) is 0 Å². The van der Waals surface area contributed by atoms with Gasteiger partial charge in [0.15, 0.2) is 0 Å². The van der Waals surface area contributed by atoms with Crippen LogP contribution in [0.15, 0.2) is 0 Å². The Morgan fingerprint density at radius 3 is 2.46 bits per heavy atom. The number of unbranched alkanes of at least 4 members (excludes halogenated alkanes) is 1. The van der Waals surface area contributed by atoms with Gasteiger partial charge in [-0.1, -0.05) is 13.3 Å². The molecule has 2 nitrogen and oxygen atoms in total. The van der Waals surface area contributed by atoms with Crippen LogP contribution in [0.3, 0.4) is 0 Å². The zero-order valence-electron chi connectivity index (χ0n) is 7.58. The van der Waals surface area contributed by atoms with Crippen LogP contribution in [0.5, 0.6) is 0 Å². The minimum absolute atomic E-state index is 0.465. The first-order valence-corrected chi connectivity index (χ1v) is 4.29. The van der Waals surface area contributed by atoms with Crippen LogP contribution in [0.25, 0.3) is 0 Å². The Kier molecular flexibility index (Phi) is 5.50. The summed E-state index contributed by atoms with van der Waals surface area (Å²) in [6.45, 7) is 2.41. The van der Waals surface area contributed by atoms with Gasteiger partial charge >= 0.3 is 6.18 Å². The first kappa shape index (κ1) is 12.3. The molecule has 0 bridgehead atoms. The summed E-state index contributed by atoms with van der Waals surface area (Å²) in [4.78, 5) is 10.8. The third-order valence-corrected chi connectivity index (χ3v) is 1.49. The van der Waals surface area contributed by atoms with Crippen LogP contribution in [0.1, 0.15) is 32.6 Å². The maximum Gasteiger partial charge on any atom is 0.389 e. The number of carbonyl (C=O) groups is 1. The number of carbonyl (C=O) groups excluding carboxylic acids is 1. The van der Waals surface area contributed by atoms with Crippen LogP contribution >= 0.6 is 0 Å². The van der Waals surface area contributed by atoms with Gasteiger partial charge in [0, 0.05) is 13.0 Å². The molecular weight excluding hydrogens is 183 g/mol. The molecule has 0 spiro atoms. The zero-order valence-corrected chi connectivity index (χ0v) is 7.58. The van der Waals surface area contributed by atoms with Crippen LogP contribution in [0.4, 0.5) is 13.2 Å². The molecule has 1 amide bonds. The second kappa shape index (κ2) is 5.83. The van der Waals surface area contributed by atoms with E-state index in [1.165, 1.54) is 0 Å². The van der Waals surface area contributed by atoms with Gasteiger partial charge in [-0.25, -0.2) is 0 Å². The molecule has 78 valence electrons. The quantitative estimate of drug-likeness (QED) is 0.673. The highest BCUT2D eigenvalue weighted by Crippen LogP contribution is 2.20. The Morgan fingerprint density at radius 2 is 2.00 bits per heavy atom. The lowest BCUT2D eigenvalue weighted by atomic mass is 10.3. The first-order valence-electron chi connectivity index (χ1n) is 4.29. The van der Waals surface area contributed by atoms with Crippen molar-refractivity contribution in [2.45, 2.75) is 38.8 Å². The van der Waals surface area contributed by atoms with Crippen molar-refractivity contribution in [3.8, 4) is 0 Å². The average molecular weight is 197 g/mol. The molecule has 0 saturated heterocycles. The van der Waals surface area contributed by atoms with Crippen molar-refractivity contribution >= 4 is 5.91 Å². The number of hydrogen-bond acceptors (Lipinski definition) is 1. The standard InChI is InChI=1S/C8H14F3NO/c1-2-3-6-12-7(13)4-5-8(9,10)11/h2-6H2,1H3,(H,12,13). The fraction of sp³-hybridized carbons (Fsp3) is 0.875. The number of amides is 1. The molecule has 0 heterocycles. The largest absolute Gasteiger partial charge is 0.389 e. The summed E-state index contributed by atoms with van der Waals surface area (Å²) in [5.41, 5.74) is 0. The van der Waals surface area contributed by atoms with Gasteiger partial charge < -0.3 is 5.32 Å². The molecule has 13 heavy (non-hydrogen) atoms. The van der Waals surface area contributed by atoms with Crippen LogP contribution in [0.2, 0.25) is 0 Å². The van der Waals surface area contributed by atoms with Crippen molar-refractivity contribution in [3.63, 3.8) is 0 Å². The van der Waals surface area contributed by atoms with E-state index >= 15 is 0 Å². The summed E-state index contributed by atoms with van der Waals surface area (Å²) in [7, 11) is 0. The van der Waals surface area contributed by atoms with Crippen LogP contribution in [-0.2, 0) is 4.79 Å². The van der Waals surface area contributed by atoms with E-state index in [2.05, 4.69) is 5.32 Å². The monoisotopic (exact) mass is 197 g/mol. The van der Waals surface area contributed by atoms with Gasteiger partial charge in [-0.3, -0.25) is 4.79 Å². The second-order valence-corrected chi connectivity index (χ2v) is 2.82. The maximum absolute atomic E-state index is 11.6. The fourth-order valence-electron chi connectivity index (χ4n) is 0.748. The summed E-state index contributed by atoms with van der Waals surface area (Å²) < 4.78 is 34.9. The molecule has 0 rings (SSSR count). The maximum atomic E-state index is 11.6. The predicted octanol–water partition coefficient (Wildman–Crippen LogP) is 2.25. The summed E-state index contributed by atoms with van der Waals surface area (Å²) in [5, 5.41) is 2.42. The number of halogens is 3. The molecule has 0 aromatic carbocycles. The summed E-state index contributed by atoms with van der Waals surface area (Å²) in [5.74, 6) is -0.522. The van der Waals surface area contributed by atoms with E-state index in [4.69, 9.17) is 0 Å². The van der Waals surface area contributed by atoms with Gasteiger partial charge in [-0.05, 0) is 6.42 Å². The molecule has 0 saturated carbocycles. The predicted molar refractivity (Wildman–Crippen MR) is 43.2 cm³/mol. The van der Waals surface area contributed by atoms with E-state index < -0.39 is 24.9 Å². The highest BCUT2D eigenvalue weighted by molar-refractivity contribution is 5.75. The molecule has 0 aromatic heterocycles.